The minimum Gasteiger partial charge on any atom is -0.394 e. The molecule has 1 aliphatic heterocycles. The van der Waals surface area contributed by atoms with Crippen LogP contribution in [0.3, 0.4) is 0 Å². The molecular weight excluding hydrogens is 332 g/mol. The SMILES string of the molecule is NN=C[C@H](O)[C@@H](O)[C@H](O[C@@H]1O[C@H](CO)[C@H](O)[C@H](O)[C@H]1O)[C@H](O)CO. The standard InChI is InChI=1S/C12H24N2O10/c13-14-1-4(17)7(19)11(5(18)2-15)24-12-10(22)9(21)8(20)6(3-16)23-12/h1,4-12,15-22H,2-3,13H2/t4-,5+,6+,7+,8-,9-,10+,11+,12-/m0/s1. The summed E-state index contributed by atoms with van der Waals surface area (Å²) in [5, 5.41) is 79.7. The van der Waals surface area contributed by atoms with Crippen molar-refractivity contribution < 1.29 is 50.3 Å². The summed E-state index contributed by atoms with van der Waals surface area (Å²) in [6, 6.07) is 0. The molecular formula is C12H24N2O10. The van der Waals surface area contributed by atoms with Gasteiger partial charge in [-0.25, -0.2) is 0 Å². The molecule has 0 aromatic heterocycles. The summed E-state index contributed by atoms with van der Waals surface area (Å²) in [5.41, 5.74) is 0. The Morgan fingerprint density at radius 2 is 1.71 bits per heavy atom. The third-order valence-corrected chi connectivity index (χ3v) is 3.63. The van der Waals surface area contributed by atoms with Gasteiger partial charge >= 0.3 is 0 Å². The van der Waals surface area contributed by atoms with E-state index >= 15 is 0 Å². The zero-order valence-electron chi connectivity index (χ0n) is 12.6. The van der Waals surface area contributed by atoms with Gasteiger partial charge in [0.2, 0.25) is 0 Å². The molecule has 12 nitrogen and oxygen atoms in total. The van der Waals surface area contributed by atoms with Gasteiger partial charge in [-0.1, -0.05) is 0 Å². The predicted molar refractivity (Wildman–Crippen MR) is 76.4 cm³/mol. The number of ether oxygens (including phenoxy) is 2. The number of nitrogens with zero attached hydrogens (tertiary/aromatic N) is 1. The van der Waals surface area contributed by atoms with Gasteiger partial charge in [-0.05, 0) is 0 Å². The molecule has 0 spiro atoms. The van der Waals surface area contributed by atoms with Crippen LogP contribution in [0.15, 0.2) is 5.10 Å². The van der Waals surface area contributed by atoms with Crippen LogP contribution in [0.25, 0.3) is 0 Å². The fourth-order valence-corrected chi connectivity index (χ4v) is 2.21. The van der Waals surface area contributed by atoms with E-state index in [1.54, 1.807) is 0 Å². The van der Waals surface area contributed by atoms with E-state index in [1.165, 1.54) is 0 Å². The first kappa shape index (κ1) is 21.1. The summed E-state index contributed by atoms with van der Waals surface area (Å²) < 4.78 is 10.2. The Balaban J connectivity index is 2.92. The number of hydrogen-bond acceptors (Lipinski definition) is 12. The third-order valence-electron chi connectivity index (χ3n) is 3.63. The van der Waals surface area contributed by atoms with E-state index in [0.717, 1.165) is 6.21 Å². The maximum Gasteiger partial charge on any atom is 0.187 e. The lowest BCUT2D eigenvalue weighted by Gasteiger charge is -2.42. The van der Waals surface area contributed by atoms with Gasteiger partial charge in [-0.15, -0.1) is 0 Å². The van der Waals surface area contributed by atoms with Gasteiger partial charge in [0, 0.05) is 0 Å². The van der Waals surface area contributed by atoms with Crippen molar-refractivity contribution in [2.75, 3.05) is 13.2 Å². The van der Waals surface area contributed by atoms with Crippen molar-refractivity contribution in [2.45, 2.75) is 55.1 Å². The summed E-state index contributed by atoms with van der Waals surface area (Å²) in [7, 11) is 0. The van der Waals surface area contributed by atoms with Crippen LogP contribution in [-0.2, 0) is 9.47 Å². The number of nitrogens with two attached hydrogens (primary N) is 1. The first-order valence-corrected chi connectivity index (χ1v) is 7.12. The largest absolute Gasteiger partial charge is 0.394 e. The molecule has 0 radical (unpaired) electrons. The quantitative estimate of drug-likeness (QED) is 0.113. The monoisotopic (exact) mass is 356 g/mol. The fourth-order valence-electron chi connectivity index (χ4n) is 2.21. The number of rotatable bonds is 8. The maximum absolute atomic E-state index is 9.98. The Labute approximate surface area is 137 Å². The number of aliphatic hydroxyl groups is 8. The van der Waals surface area contributed by atoms with Crippen LogP contribution < -0.4 is 5.84 Å². The molecule has 12 heteroatoms. The summed E-state index contributed by atoms with van der Waals surface area (Å²) in [5.74, 6) is 4.84. The predicted octanol–water partition coefficient (Wildman–Crippen LogP) is -5.81. The summed E-state index contributed by atoms with van der Waals surface area (Å²) in [6.07, 6.45) is -14.2. The van der Waals surface area contributed by atoms with Crippen LogP contribution in [0.5, 0.6) is 0 Å². The minimum atomic E-state index is -1.83. The second kappa shape index (κ2) is 9.53. The average Bonchev–Trinajstić information content (AvgIpc) is 2.58. The molecule has 0 amide bonds. The molecule has 10 N–H and O–H groups in total. The van der Waals surface area contributed by atoms with Gasteiger partial charge in [0.15, 0.2) is 6.29 Å². The zero-order chi connectivity index (χ0) is 18.4. The average molecular weight is 356 g/mol. The van der Waals surface area contributed by atoms with Crippen molar-refractivity contribution in [3.63, 3.8) is 0 Å². The molecule has 1 heterocycles. The lowest BCUT2D eigenvalue weighted by Crippen LogP contribution is -2.61. The molecule has 1 rings (SSSR count). The molecule has 142 valence electrons. The molecule has 1 saturated heterocycles. The van der Waals surface area contributed by atoms with E-state index in [2.05, 4.69) is 5.10 Å². The molecule has 0 aromatic rings. The zero-order valence-corrected chi connectivity index (χ0v) is 12.6. The van der Waals surface area contributed by atoms with Crippen LogP contribution in [0.4, 0.5) is 0 Å². The molecule has 9 atom stereocenters. The molecule has 0 aliphatic carbocycles. The van der Waals surface area contributed by atoms with Crippen LogP contribution in [0, 0.1) is 0 Å². The third kappa shape index (κ3) is 4.80. The highest BCUT2D eigenvalue weighted by molar-refractivity contribution is 5.63. The van der Waals surface area contributed by atoms with Crippen LogP contribution >= 0.6 is 0 Å². The van der Waals surface area contributed by atoms with Crippen molar-refractivity contribution in [1.82, 2.24) is 0 Å². The lowest BCUT2D eigenvalue weighted by molar-refractivity contribution is -0.326. The Hall–Kier alpha value is -0.930. The summed E-state index contributed by atoms with van der Waals surface area (Å²) in [4.78, 5) is 0. The maximum atomic E-state index is 9.98. The molecule has 0 aromatic carbocycles. The van der Waals surface area contributed by atoms with Gasteiger partial charge < -0.3 is 56.2 Å². The molecule has 0 unspecified atom stereocenters. The van der Waals surface area contributed by atoms with Crippen molar-refractivity contribution in [2.24, 2.45) is 10.9 Å². The Morgan fingerprint density at radius 3 is 2.21 bits per heavy atom. The number of aliphatic hydroxyl groups excluding tert-OH is 8. The Morgan fingerprint density at radius 1 is 1.08 bits per heavy atom. The van der Waals surface area contributed by atoms with E-state index in [-0.39, 0.29) is 0 Å². The smallest absolute Gasteiger partial charge is 0.187 e. The van der Waals surface area contributed by atoms with Crippen molar-refractivity contribution >= 4 is 6.21 Å². The second-order valence-electron chi connectivity index (χ2n) is 5.33. The first-order chi connectivity index (χ1) is 11.3. The van der Waals surface area contributed by atoms with Gasteiger partial charge in [-0.3, -0.25) is 0 Å². The highest BCUT2D eigenvalue weighted by Crippen LogP contribution is 2.24. The van der Waals surface area contributed by atoms with Gasteiger partial charge in [0.1, 0.15) is 48.8 Å². The summed E-state index contributed by atoms with van der Waals surface area (Å²) >= 11 is 0. The molecule has 1 fully saturated rings. The van der Waals surface area contributed by atoms with Crippen LogP contribution in [0.2, 0.25) is 0 Å². The van der Waals surface area contributed by atoms with E-state index in [0.29, 0.717) is 0 Å². The fraction of sp³-hybridized carbons (Fsp3) is 0.917. The highest BCUT2D eigenvalue weighted by Gasteiger charge is 2.46. The van der Waals surface area contributed by atoms with E-state index < -0.39 is 68.3 Å². The topological polar surface area (TPSA) is 219 Å². The van der Waals surface area contributed by atoms with Gasteiger partial charge in [0.25, 0.3) is 0 Å². The van der Waals surface area contributed by atoms with Crippen molar-refractivity contribution in [1.29, 1.82) is 0 Å². The summed E-state index contributed by atoms with van der Waals surface area (Å²) in [6.45, 7) is -1.57. The van der Waals surface area contributed by atoms with Crippen molar-refractivity contribution in [3.8, 4) is 0 Å². The highest BCUT2D eigenvalue weighted by atomic mass is 16.7. The van der Waals surface area contributed by atoms with Crippen LogP contribution in [0.1, 0.15) is 0 Å². The molecule has 0 saturated carbocycles. The molecule has 0 bridgehead atoms. The van der Waals surface area contributed by atoms with E-state index in [4.69, 9.17) is 25.5 Å². The first-order valence-electron chi connectivity index (χ1n) is 7.12. The lowest BCUT2D eigenvalue weighted by atomic mass is 9.98. The number of hydrazone groups is 1. The molecule has 1 aliphatic rings. The molecule has 24 heavy (non-hydrogen) atoms. The number of hydrogen-bond donors (Lipinski definition) is 9. The Bertz CT molecular complexity index is 398. The van der Waals surface area contributed by atoms with E-state index in [1.807, 2.05) is 0 Å². The van der Waals surface area contributed by atoms with Gasteiger partial charge in [0.05, 0.1) is 19.4 Å². The van der Waals surface area contributed by atoms with Crippen LogP contribution in [-0.4, -0.2) is 115 Å². The normalized spacial score (nSPS) is 36.4. The van der Waals surface area contributed by atoms with Gasteiger partial charge in [-0.2, -0.15) is 5.10 Å². The second-order valence-corrected chi connectivity index (χ2v) is 5.33. The Kier molecular flexibility index (Phi) is 8.38. The van der Waals surface area contributed by atoms with Crippen molar-refractivity contribution in [3.05, 3.63) is 0 Å². The van der Waals surface area contributed by atoms with E-state index in [9.17, 15) is 30.6 Å². The minimum absolute atomic E-state index is 0.705.